The van der Waals surface area contributed by atoms with Gasteiger partial charge in [0.05, 0.1) is 12.1 Å². The fraction of sp³-hybridized carbons (Fsp3) is 0.364. The molecule has 6 nitrogen and oxygen atoms in total. The van der Waals surface area contributed by atoms with Crippen LogP contribution in [-0.4, -0.2) is 35.3 Å². The summed E-state index contributed by atoms with van der Waals surface area (Å²) < 4.78 is 0. The molecule has 0 unspecified atom stereocenters. The van der Waals surface area contributed by atoms with Gasteiger partial charge in [-0.1, -0.05) is 54.6 Å². The van der Waals surface area contributed by atoms with Gasteiger partial charge in [-0.05, 0) is 42.5 Å². The van der Waals surface area contributed by atoms with E-state index in [-0.39, 0.29) is 11.9 Å². The molecule has 28 heavy (non-hydrogen) atoms. The number of nitrogens with two attached hydrogens (primary N) is 2. The summed E-state index contributed by atoms with van der Waals surface area (Å²) in [5.74, 6) is -0.695. The number of rotatable bonds is 7. The first kappa shape index (κ1) is 20.2. The molecule has 5 N–H and O–H groups in total. The van der Waals surface area contributed by atoms with Gasteiger partial charge in [-0.15, -0.1) is 0 Å². The van der Waals surface area contributed by atoms with Crippen LogP contribution in [0.1, 0.15) is 29.5 Å². The van der Waals surface area contributed by atoms with Crippen LogP contribution in [0.5, 0.6) is 0 Å². The van der Waals surface area contributed by atoms with Crippen LogP contribution in [0.2, 0.25) is 0 Å². The van der Waals surface area contributed by atoms with E-state index in [9.17, 15) is 9.59 Å². The molecule has 2 aromatic carbocycles. The number of nitrogens with zero attached hydrogens (tertiary/aromatic N) is 1. The van der Waals surface area contributed by atoms with Crippen molar-refractivity contribution in [1.82, 2.24) is 10.2 Å². The highest BCUT2D eigenvalue weighted by Gasteiger charge is 2.32. The maximum absolute atomic E-state index is 12.7. The number of benzene rings is 2. The second-order valence-electron chi connectivity index (χ2n) is 7.25. The Labute approximate surface area is 165 Å². The standard InChI is InChI=1S/C22H28N4O2/c23-14-17-9-4-5-10-18(17)15-26-12-6-11-20(26)22(28)25-21(27)19(24)13-16-7-2-1-3-8-16/h1-5,7-10,19-20H,6,11-15,23-24H2,(H,25,27,28)/t19-,20+/m1/s1. The Bertz CT molecular complexity index is 809. The molecular weight excluding hydrogens is 352 g/mol. The highest BCUT2D eigenvalue weighted by molar-refractivity contribution is 6.00. The highest BCUT2D eigenvalue weighted by atomic mass is 16.2. The molecule has 0 saturated carbocycles. The van der Waals surface area contributed by atoms with Gasteiger partial charge in [0.1, 0.15) is 0 Å². The summed E-state index contributed by atoms with van der Waals surface area (Å²) in [6.45, 7) is 1.94. The van der Waals surface area contributed by atoms with Crippen LogP contribution in [0, 0.1) is 0 Å². The van der Waals surface area contributed by atoms with E-state index >= 15 is 0 Å². The molecule has 2 atom stereocenters. The van der Waals surface area contributed by atoms with Gasteiger partial charge in [0.2, 0.25) is 11.8 Å². The Balaban J connectivity index is 1.58. The summed E-state index contributed by atoms with van der Waals surface area (Å²) in [4.78, 5) is 27.2. The molecule has 3 rings (SSSR count). The van der Waals surface area contributed by atoms with E-state index < -0.39 is 11.9 Å². The number of likely N-dealkylation sites (tertiary alicyclic amines) is 1. The first-order chi connectivity index (χ1) is 13.6. The van der Waals surface area contributed by atoms with E-state index in [1.807, 2.05) is 54.6 Å². The predicted molar refractivity (Wildman–Crippen MR) is 109 cm³/mol. The average Bonchev–Trinajstić information content (AvgIpc) is 3.17. The summed E-state index contributed by atoms with van der Waals surface area (Å²) in [7, 11) is 0. The zero-order valence-corrected chi connectivity index (χ0v) is 16.0. The van der Waals surface area contributed by atoms with Gasteiger partial charge in [-0.3, -0.25) is 19.8 Å². The Kier molecular flexibility index (Phi) is 6.92. The van der Waals surface area contributed by atoms with Gasteiger partial charge >= 0.3 is 0 Å². The van der Waals surface area contributed by atoms with Crippen LogP contribution >= 0.6 is 0 Å². The topological polar surface area (TPSA) is 101 Å². The lowest BCUT2D eigenvalue weighted by molar-refractivity contribution is -0.133. The van der Waals surface area contributed by atoms with Crippen molar-refractivity contribution < 1.29 is 9.59 Å². The smallest absolute Gasteiger partial charge is 0.243 e. The molecule has 6 heteroatoms. The zero-order valence-electron chi connectivity index (χ0n) is 16.0. The van der Waals surface area contributed by atoms with Gasteiger partial charge in [-0.25, -0.2) is 0 Å². The maximum Gasteiger partial charge on any atom is 0.243 e. The molecule has 148 valence electrons. The number of carbonyl (C=O) groups excluding carboxylic acids is 2. The van der Waals surface area contributed by atoms with Crippen molar-refractivity contribution in [2.24, 2.45) is 11.5 Å². The van der Waals surface area contributed by atoms with E-state index in [1.165, 1.54) is 0 Å². The first-order valence-electron chi connectivity index (χ1n) is 9.73. The van der Waals surface area contributed by atoms with Crippen molar-refractivity contribution in [2.75, 3.05) is 6.54 Å². The predicted octanol–water partition coefficient (Wildman–Crippen LogP) is 1.32. The molecule has 1 saturated heterocycles. The van der Waals surface area contributed by atoms with E-state index in [0.717, 1.165) is 36.1 Å². The lowest BCUT2D eigenvalue weighted by Crippen LogP contribution is -2.50. The molecule has 1 fully saturated rings. The van der Waals surface area contributed by atoms with Crippen LogP contribution in [0.15, 0.2) is 54.6 Å². The summed E-state index contributed by atoms with van der Waals surface area (Å²) >= 11 is 0. The van der Waals surface area contributed by atoms with Gasteiger partial charge < -0.3 is 11.5 Å². The molecule has 1 aliphatic rings. The number of nitrogens with one attached hydrogen (secondary N) is 1. The molecule has 0 bridgehead atoms. The van der Waals surface area contributed by atoms with Crippen LogP contribution in [0.4, 0.5) is 0 Å². The van der Waals surface area contributed by atoms with Crippen molar-refractivity contribution in [3.05, 3.63) is 71.3 Å². The van der Waals surface area contributed by atoms with Crippen LogP contribution in [0.3, 0.4) is 0 Å². The summed E-state index contributed by atoms with van der Waals surface area (Å²) in [5, 5.41) is 2.52. The Morgan fingerprint density at radius 3 is 2.46 bits per heavy atom. The number of hydrogen-bond donors (Lipinski definition) is 3. The lowest BCUT2D eigenvalue weighted by atomic mass is 10.1. The fourth-order valence-electron chi connectivity index (χ4n) is 3.70. The SMILES string of the molecule is NCc1ccccc1CN1CCC[C@H]1C(=O)NC(=O)[C@H](N)Cc1ccccc1. The molecule has 2 amide bonds. The number of imide groups is 1. The third kappa shape index (κ3) is 5.04. The Morgan fingerprint density at radius 1 is 1.07 bits per heavy atom. The highest BCUT2D eigenvalue weighted by Crippen LogP contribution is 2.22. The largest absolute Gasteiger partial charge is 0.326 e. The molecule has 0 spiro atoms. The quantitative estimate of drug-likeness (QED) is 0.673. The molecule has 0 radical (unpaired) electrons. The molecule has 0 aliphatic carbocycles. The van der Waals surface area contributed by atoms with E-state index in [2.05, 4.69) is 10.2 Å². The van der Waals surface area contributed by atoms with Gasteiger partial charge in [0.15, 0.2) is 0 Å². The van der Waals surface area contributed by atoms with Crippen molar-refractivity contribution in [3.8, 4) is 0 Å². The lowest BCUT2D eigenvalue weighted by Gasteiger charge is -2.25. The third-order valence-corrected chi connectivity index (χ3v) is 5.26. The van der Waals surface area contributed by atoms with Crippen molar-refractivity contribution in [2.45, 2.75) is 44.4 Å². The fourth-order valence-corrected chi connectivity index (χ4v) is 3.70. The van der Waals surface area contributed by atoms with E-state index in [0.29, 0.717) is 19.5 Å². The molecule has 1 aliphatic heterocycles. The van der Waals surface area contributed by atoms with E-state index in [4.69, 9.17) is 11.5 Å². The third-order valence-electron chi connectivity index (χ3n) is 5.26. The molecular formula is C22H28N4O2. The summed E-state index contributed by atoms with van der Waals surface area (Å²) in [6.07, 6.45) is 2.06. The number of hydrogen-bond acceptors (Lipinski definition) is 5. The molecule has 1 heterocycles. The average molecular weight is 380 g/mol. The Hall–Kier alpha value is -2.54. The monoisotopic (exact) mass is 380 g/mol. The second kappa shape index (κ2) is 9.59. The summed E-state index contributed by atoms with van der Waals surface area (Å²) in [6, 6.07) is 16.5. The normalized spacial score (nSPS) is 18.0. The van der Waals surface area contributed by atoms with Crippen molar-refractivity contribution in [1.29, 1.82) is 0 Å². The minimum atomic E-state index is -0.751. The zero-order chi connectivity index (χ0) is 19.9. The van der Waals surface area contributed by atoms with Crippen molar-refractivity contribution in [3.63, 3.8) is 0 Å². The molecule has 2 aromatic rings. The minimum absolute atomic E-state index is 0.267. The van der Waals surface area contributed by atoms with Gasteiger partial charge in [0.25, 0.3) is 0 Å². The van der Waals surface area contributed by atoms with Gasteiger partial charge in [-0.2, -0.15) is 0 Å². The first-order valence-corrected chi connectivity index (χ1v) is 9.73. The van der Waals surface area contributed by atoms with Crippen LogP contribution in [-0.2, 0) is 29.1 Å². The van der Waals surface area contributed by atoms with Crippen molar-refractivity contribution >= 4 is 11.8 Å². The molecule has 0 aromatic heterocycles. The Morgan fingerprint density at radius 2 is 1.75 bits per heavy atom. The van der Waals surface area contributed by atoms with E-state index in [1.54, 1.807) is 0 Å². The summed E-state index contributed by atoms with van der Waals surface area (Å²) in [5.41, 5.74) is 15.0. The number of carbonyl (C=O) groups is 2. The maximum atomic E-state index is 12.7. The minimum Gasteiger partial charge on any atom is -0.326 e. The van der Waals surface area contributed by atoms with Gasteiger partial charge in [0, 0.05) is 13.1 Å². The second-order valence-corrected chi connectivity index (χ2v) is 7.25. The van der Waals surface area contributed by atoms with Crippen LogP contribution in [0.25, 0.3) is 0 Å². The van der Waals surface area contributed by atoms with Crippen LogP contribution < -0.4 is 16.8 Å². The number of amides is 2.